The number of amides is 1. The van der Waals surface area contributed by atoms with Gasteiger partial charge in [0.15, 0.2) is 5.60 Å². The molecule has 39 heavy (non-hydrogen) atoms. The lowest BCUT2D eigenvalue weighted by molar-refractivity contribution is -0.384. The highest BCUT2D eigenvalue weighted by atomic mass is 19.4. The first-order valence-corrected chi connectivity index (χ1v) is 12.8. The van der Waals surface area contributed by atoms with E-state index in [2.05, 4.69) is 0 Å². The summed E-state index contributed by atoms with van der Waals surface area (Å²) in [6.07, 6.45) is -4.33. The van der Waals surface area contributed by atoms with Crippen LogP contribution in [0.4, 0.5) is 23.7 Å². The SMILES string of the molecule is CC(C)(C)OC(=O)N1CCC(CC(O)(c2cn(Cc3ccccc3)c3cc([N+](=O)[O-])ccc23)C(F)(F)F)CC1. The maximum atomic E-state index is 14.7. The Morgan fingerprint density at radius 2 is 1.74 bits per heavy atom. The Morgan fingerprint density at radius 1 is 1.10 bits per heavy atom. The number of fused-ring (bicyclic) bond motifs is 1. The summed E-state index contributed by atoms with van der Waals surface area (Å²) in [5, 5.41) is 22.9. The third kappa shape index (κ3) is 6.19. The lowest BCUT2D eigenvalue weighted by Gasteiger charge is -2.38. The average molecular weight is 548 g/mol. The molecule has 1 saturated heterocycles. The Balaban J connectivity index is 1.67. The molecule has 3 aromatic rings. The zero-order valence-corrected chi connectivity index (χ0v) is 22.1. The minimum atomic E-state index is -5.01. The quantitative estimate of drug-likeness (QED) is 0.285. The number of benzene rings is 2. The molecule has 210 valence electrons. The van der Waals surface area contributed by atoms with Gasteiger partial charge in [-0.3, -0.25) is 10.1 Å². The number of aromatic nitrogens is 1. The largest absolute Gasteiger partial charge is 0.444 e. The van der Waals surface area contributed by atoms with Crippen molar-refractivity contribution in [2.75, 3.05) is 13.1 Å². The van der Waals surface area contributed by atoms with Crippen LogP contribution in [0.15, 0.2) is 54.7 Å². The monoisotopic (exact) mass is 547 g/mol. The Kier molecular flexibility index (Phi) is 7.66. The molecule has 1 fully saturated rings. The van der Waals surface area contributed by atoms with Crippen molar-refractivity contribution in [3.8, 4) is 0 Å². The lowest BCUT2D eigenvalue weighted by atomic mass is 9.80. The fraction of sp³-hybridized carbons (Fsp3) is 0.464. The van der Waals surface area contributed by atoms with E-state index in [9.17, 15) is 33.2 Å². The minimum Gasteiger partial charge on any atom is -0.444 e. The van der Waals surface area contributed by atoms with Crippen LogP contribution in [0.25, 0.3) is 10.9 Å². The molecule has 2 heterocycles. The Bertz CT molecular complexity index is 1340. The van der Waals surface area contributed by atoms with E-state index in [1.54, 1.807) is 45.0 Å². The molecule has 1 aliphatic heterocycles. The second-order valence-corrected chi connectivity index (χ2v) is 11.1. The standard InChI is InChI=1S/C28H32F3N3O5/c1-26(2,3)39-25(35)32-13-11-19(12-14-32)16-27(36,28(29,30)31)23-18-33(17-20-7-5-4-6-8-20)24-15-21(34(37)38)9-10-22(23)24/h4-10,15,18-19,36H,11-14,16-17H2,1-3H3. The summed E-state index contributed by atoms with van der Waals surface area (Å²) < 4.78 is 50.8. The molecule has 8 nitrogen and oxygen atoms in total. The molecule has 0 aliphatic carbocycles. The summed E-state index contributed by atoms with van der Waals surface area (Å²) in [4.78, 5) is 24.7. The minimum absolute atomic E-state index is 0.0996. The molecule has 2 aromatic carbocycles. The molecule has 0 radical (unpaired) electrons. The predicted molar refractivity (Wildman–Crippen MR) is 139 cm³/mol. The summed E-state index contributed by atoms with van der Waals surface area (Å²) in [6, 6.07) is 12.7. The van der Waals surface area contributed by atoms with E-state index in [1.165, 1.54) is 27.8 Å². The fourth-order valence-corrected chi connectivity index (χ4v) is 5.08. The number of hydrogen-bond acceptors (Lipinski definition) is 5. The Hall–Kier alpha value is -3.60. The van der Waals surface area contributed by atoms with E-state index in [4.69, 9.17) is 4.74 Å². The number of non-ortho nitro benzene ring substituents is 1. The fourth-order valence-electron chi connectivity index (χ4n) is 5.08. The van der Waals surface area contributed by atoms with Crippen LogP contribution in [0, 0.1) is 16.0 Å². The number of piperidine rings is 1. The summed E-state index contributed by atoms with van der Waals surface area (Å²) in [5.41, 5.74) is -3.46. The van der Waals surface area contributed by atoms with Gasteiger partial charge in [-0.15, -0.1) is 0 Å². The van der Waals surface area contributed by atoms with Gasteiger partial charge < -0.3 is 19.3 Å². The molecule has 0 bridgehead atoms. The summed E-state index contributed by atoms with van der Waals surface area (Å²) in [6.45, 7) is 5.82. The van der Waals surface area contributed by atoms with E-state index in [0.29, 0.717) is 0 Å². The highest BCUT2D eigenvalue weighted by molar-refractivity contribution is 5.87. The van der Waals surface area contributed by atoms with Gasteiger partial charge >= 0.3 is 12.3 Å². The number of rotatable bonds is 6. The number of alkyl halides is 3. The van der Waals surface area contributed by atoms with Crippen LogP contribution in [0.3, 0.4) is 0 Å². The van der Waals surface area contributed by atoms with Gasteiger partial charge in [0.2, 0.25) is 0 Å². The normalized spacial score (nSPS) is 16.7. The van der Waals surface area contributed by atoms with Crippen LogP contribution in [0.1, 0.15) is 51.2 Å². The number of ether oxygens (including phenoxy) is 1. The van der Waals surface area contributed by atoms with Crippen molar-refractivity contribution in [1.82, 2.24) is 9.47 Å². The molecule has 1 atom stereocenters. The molecule has 1 unspecified atom stereocenters. The number of carbonyl (C=O) groups is 1. The molecule has 0 saturated carbocycles. The molecule has 1 aromatic heterocycles. The van der Waals surface area contributed by atoms with Gasteiger partial charge in [-0.1, -0.05) is 30.3 Å². The highest BCUT2D eigenvalue weighted by Gasteiger charge is 2.57. The first-order valence-electron chi connectivity index (χ1n) is 12.8. The number of aliphatic hydroxyl groups is 1. The van der Waals surface area contributed by atoms with E-state index >= 15 is 0 Å². The van der Waals surface area contributed by atoms with E-state index < -0.39 is 40.7 Å². The van der Waals surface area contributed by atoms with Crippen LogP contribution in [-0.2, 0) is 16.9 Å². The molecule has 1 N–H and O–H groups in total. The zero-order valence-electron chi connectivity index (χ0n) is 22.1. The molecule has 1 amide bonds. The van der Waals surface area contributed by atoms with Gasteiger partial charge in [-0.2, -0.15) is 13.2 Å². The smallest absolute Gasteiger partial charge is 0.421 e. The number of nitro groups is 1. The van der Waals surface area contributed by atoms with Gasteiger partial charge in [-0.05, 0) is 57.6 Å². The van der Waals surface area contributed by atoms with Gasteiger partial charge in [0, 0.05) is 48.9 Å². The zero-order chi connectivity index (χ0) is 28.6. The van der Waals surface area contributed by atoms with Gasteiger partial charge in [0.25, 0.3) is 5.69 Å². The van der Waals surface area contributed by atoms with Crippen LogP contribution in [0.5, 0.6) is 0 Å². The number of likely N-dealkylation sites (tertiary alicyclic amines) is 1. The lowest BCUT2D eigenvalue weighted by Crippen LogP contribution is -2.47. The Morgan fingerprint density at radius 3 is 2.31 bits per heavy atom. The summed E-state index contributed by atoms with van der Waals surface area (Å²) in [5.74, 6) is -0.513. The van der Waals surface area contributed by atoms with Crippen molar-refractivity contribution in [3.05, 3.63) is 76.0 Å². The number of nitrogens with zero attached hydrogens (tertiary/aromatic N) is 3. The number of hydrogen-bond donors (Lipinski definition) is 1. The first-order chi connectivity index (χ1) is 18.2. The van der Waals surface area contributed by atoms with Crippen molar-refractivity contribution in [2.45, 2.75) is 64.0 Å². The van der Waals surface area contributed by atoms with E-state index in [1.807, 2.05) is 6.07 Å². The molecular weight excluding hydrogens is 515 g/mol. The van der Waals surface area contributed by atoms with Crippen LogP contribution in [-0.4, -0.2) is 50.5 Å². The van der Waals surface area contributed by atoms with E-state index in [0.717, 1.165) is 11.6 Å². The average Bonchev–Trinajstić information content (AvgIpc) is 3.21. The van der Waals surface area contributed by atoms with Crippen molar-refractivity contribution < 1.29 is 32.7 Å². The van der Waals surface area contributed by atoms with Crippen molar-refractivity contribution >= 4 is 22.7 Å². The topological polar surface area (TPSA) is 97.8 Å². The summed E-state index contributed by atoms with van der Waals surface area (Å²) >= 11 is 0. The third-order valence-electron chi connectivity index (χ3n) is 7.04. The molecule has 11 heteroatoms. The highest BCUT2D eigenvalue weighted by Crippen LogP contribution is 2.48. The van der Waals surface area contributed by atoms with Crippen molar-refractivity contribution in [3.63, 3.8) is 0 Å². The van der Waals surface area contributed by atoms with Crippen LogP contribution >= 0.6 is 0 Å². The number of halogens is 3. The molecule has 0 spiro atoms. The predicted octanol–water partition coefficient (Wildman–Crippen LogP) is 6.38. The van der Waals surface area contributed by atoms with Crippen LogP contribution < -0.4 is 0 Å². The van der Waals surface area contributed by atoms with Crippen molar-refractivity contribution in [2.24, 2.45) is 5.92 Å². The number of carbonyl (C=O) groups excluding carboxylic acids is 1. The Labute approximate surface area is 224 Å². The van der Waals surface area contributed by atoms with Gasteiger partial charge in [-0.25, -0.2) is 4.79 Å². The number of nitro benzene ring substituents is 1. The molecular formula is C28H32F3N3O5. The maximum absolute atomic E-state index is 14.7. The van der Waals surface area contributed by atoms with Gasteiger partial charge in [0.05, 0.1) is 10.4 Å². The third-order valence-corrected chi connectivity index (χ3v) is 7.04. The van der Waals surface area contributed by atoms with Gasteiger partial charge in [0.1, 0.15) is 5.60 Å². The second-order valence-electron chi connectivity index (χ2n) is 11.1. The first kappa shape index (κ1) is 28.4. The summed E-state index contributed by atoms with van der Waals surface area (Å²) in [7, 11) is 0. The van der Waals surface area contributed by atoms with Crippen molar-refractivity contribution in [1.29, 1.82) is 0 Å². The second kappa shape index (κ2) is 10.5. The molecule has 1 aliphatic rings. The van der Waals surface area contributed by atoms with E-state index in [-0.39, 0.29) is 54.6 Å². The van der Waals surface area contributed by atoms with Crippen LogP contribution in [0.2, 0.25) is 0 Å². The molecule has 4 rings (SSSR count). The maximum Gasteiger partial charge on any atom is 0.421 e.